The number of hydrogen-bond donors (Lipinski definition) is 1. The first-order valence-corrected chi connectivity index (χ1v) is 7.87. The van der Waals surface area contributed by atoms with E-state index in [-0.39, 0.29) is 35.6 Å². The Morgan fingerprint density at radius 3 is 2.62 bits per heavy atom. The van der Waals surface area contributed by atoms with Crippen molar-refractivity contribution in [2.24, 2.45) is 5.73 Å². The molecule has 1 saturated heterocycles. The first-order valence-electron chi connectivity index (χ1n) is 7.87. The van der Waals surface area contributed by atoms with Crippen LogP contribution in [0.25, 0.3) is 5.69 Å². The highest BCUT2D eigenvalue weighted by Crippen LogP contribution is 2.18. The third kappa shape index (κ3) is 3.66. The molecule has 1 amide bonds. The maximum absolute atomic E-state index is 12.8. The Bertz CT molecular complexity index is 748. The number of hydrogen-bond acceptors (Lipinski definition) is 4. The highest BCUT2D eigenvalue weighted by Gasteiger charge is 2.27. The largest absolute Gasteiger partial charge is 0.333 e. The quantitative estimate of drug-likeness (QED) is 0.913. The molecule has 0 spiro atoms. The van der Waals surface area contributed by atoms with Gasteiger partial charge in [0.05, 0.1) is 5.69 Å². The Balaban J connectivity index is 0.00000208. The molecule has 3 rings (SSSR count). The van der Waals surface area contributed by atoms with Gasteiger partial charge in [0.2, 0.25) is 0 Å². The van der Waals surface area contributed by atoms with E-state index in [0.29, 0.717) is 18.8 Å². The van der Waals surface area contributed by atoms with E-state index < -0.39 is 0 Å². The molecule has 2 heterocycles. The van der Waals surface area contributed by atoms with Gasteiger partial charge in [0.25, 0.3) is 11.5 Å². The van der Waals surface area contributed by atoms with Crippen molar-refractivity contribution in [2.75, 3.05) is 13.1 Å². The fourth-order valence-corrected chi connectivity index (χ4v) is 2.94. The molecule has 1 atom stereocenters. The number of benzene rings is 1. The molecule has 0 bridgehead atoms. The molecule has 0 saturated carbocycles. The van der Waals surface area contributed by atoms with Gasteiger partial charge in [-0.15, -0.1) is 12.4 Å². The van der Waals surface area contributed by atoms with Crippen LogP contribution in [0.2, 0.25) is 0 Å². The second kappa shape index (κ2) is 8.08. The molecule has 0 aliphatic carbocycles. The maximum Gasteiger partial charge on any atom is 0.274 e. The van der Waals surface area contributed by atoms with E-state index in [1.54, 1.807) is 17.0 Å². The van der Waals surface area contributed by atoms with Crippen molar-refractivity contribution in [1.29, 1.82) is 0 Å². The normalized spacial score (nSPS) is 17.2. The van der Waals surface area contributed by atoms with E-state index in [0.717, 1.165) is 19.3 Å². The lowest BCUT2D eigenvalue weighted by atomic mass is 10.0. The number of aromatic nitrogens is 2. The van der Waals surface area contributed by atoms with Crippen LogP contribution in [0.1, 0.15) is 29.8 Å². The summed E-state index contributed by atoms with van der Waals surface area (Å²) in [5.41, 5.74) is 6.43. The second-order valence-corrected chi connectivity index (χ2v) is 5.69. The van der Waals surface area contributed by atoms with Crippen molar-refractivity contribution in [3.05, 3.63) is 58.5 Å². The molecular weight excluding hydrogens is 328 g/mol. The lowest BCUT2D eigenvalue weighted by Gasteiger charge is -2.34. The summed E-state index contributed by atoms with van der Waals surface area (Å²) < 4.78 is 1.26. The van der Waals surface area contributed by atoms with Crippen molar-refractivity contribution < 1.29 is 4.79 Å². The van der Waals surface area contributed by atoms with E-state index in [1.807, 2.05) is 18.2 Å². The topological polar surface area (TPSA) is 81.2 Å². The van der Waals surface area contributed by atoms with Gasteiger partial charge >= 0.3 is 0 Å². The summed E-state index contributed by atoms with van der Waals surface area (Å²) >= 11 is 0. The molecule has 0 radical (unpaired) electrons. The molecule has 6 nitrogen and oxygen atoms in total. The molecule has 1 aliphatic rings. The van der Waals surface area contributed by atoms with Gasteiger partial charge in [-0.3, -0.25) is 9.59 Å². The number of piperidine rings is 1. The van der Waals surface area contributed by atoms with E-state index in [9.17, 15) is 9.59 Å². The zero-order valence-electron chi connectivity index (χ0n) is 13.3. The third-order valence-electron chi connectivity index (χ3n) is 4.18. The summed E-state index contributed by atoms with van der Waals surface area (Å²) in [7, 11) is 0. The number of nitrogens with zero attached hydrogens (tertiary/aromatic N) is 3. The molecule has 1 aromatic heterocycles. The molecular formula is C17H21ClN4O2. The highest BCUT2D eigenvalue weighted by molar-refractivity contribution is 5.92. The van der Waals surface area contributed by atoms with E-state index in [4.69, 9.17) is 5.73 Å². The van der Waals surface area contributed by atoms with Crippen molar-refractivity contribution in [2.45, 2.75) is 25.3 Å². The molecule has 128 valence electrons. The predicted molar refractivity (Wildman–Crippen MR) is 94.8 cm³/mol. The van der Waals surface area contributed by atoms with Crippen LogP contribution in [0.4, 0.5) is 0 Å². The molecule has 7 heteroatoms. The summed E-state index contributed by atoms with van der Waals surface area (Å²) in [6, 6.07) is 12.0. The van der Waals surface area contributed by atoms with Gasteiger partial charge in [-0.05, 0) is 37.5 Å². The minimum atomic E-state index is -0.262. The van der Waals surface area contributed by atoms with Gasteiger partial charge in [-0.1, -0.05) is 18.2 Å². The number of rotatable bonds is 3. The Kier molecular flexibility index (Phi) is 6.11. The monoisotopic (exact) mass is 348 g/mol. The van der Waals surface area contributed by atoms with Gasteiger partial charge in [0.1, 0.15) is 5.69 Å². The standard InChI is InChI=1S/C17H20N4O2.ClH/c18-12-14-8-4-5-11-20(14)17(23)15-9-10-16(22)21(19-15)13-6-2-1-3-7-13;/h1-3,6-7,9-10,14H,4-5,8,11-12,18H2;1H. The zero-order valence-corrected chi connectivity index (χ0v) is 14.1. The molecule has 1 aliphatic heterocycles. The molecule has 1 fully saturated rings. The summed E-state index contributed by atoms with van der Waals surface area (Å²) in [5.74, 6) is -0.162. The first kappa shape index (κ1) is 18.2. The average molecular weight is 349 g/mol. The van der Waals surface area contributed by atoms with Gasteiger partial charge in [0, 0.05) is 25.2 Å². The number of amides is 1. The Hall–Kier alpha value is -2.18. The number of carbonyl (C=O) groups is 1. The average Bonchev–Trinajstić information content (AvgIpc) is 2.62. The lowest BCUT2D eigenvalue weighted by molar-refractivity contribution is 0.0615. The van der Waals surface area contributed by atoms with Crippen molar-refractivity contribution in [3.8, 4) is 5.69 Å². The van der Waals surface area contributed by atoms with E-state index >= 15 is 0 Å². The minimum Gasteiger partial charge on any atom is -0.333 e. The number of para-hydroxylation sites is 1. The van der Waals surface area contributed by atoms with Crippen LogP contribution in [0.3, 0.4) is 0 Å². The summed E-state index contributed by atoms with van der Waals surface area (Å²) in [6.45, 7) is 1.14. The van der Waals surface area contributed by atoms with Crippen molar-refractivity contribution >= 4 is 18.3 Å². The van der Waals surface area contributed by atoms with Gasteiger partial charge in [0.15, 0.2) is 0 Å². The lowest BCUT2D eigenvalue weighted by Crippen LogP contribution is -2.48. The van der Waals surface area contributed by atoms with Crippen LogP contribution >= 0.6 is 12.4 Å². The Morgan fingerprint density at radius 1 is 1.17 bits per heavy atom. The number of carbonyl (C=O) groups excluding carboxylic acids is 1. The molecule has 1 aromatic carbocycles. The van der Waals surface area contributed by atoms with Crippen molar-refractivity contribution in [1.82, 2.24) is 14.7 Å². The number of nitrogens with two attached hydrogens (primary N) is 1. The van der Waals surface area contributed by atoms with Crippen LogP contribution in [0, 0.1) is 0 Å². The Labute approximate surface area is 146 Å². The predicted octanol–water partition coefficient (Wildman–Crippen LogP) is 1.61. The highest BCUT2D eigenvalue weighted by atomic mass is 35.5. The minimum absolute atomic E-state index is 0. The van der Waals surface area contributed by atoms with Crippen LogP contribution in [-0.4, -0.2) is 39.7 Å². The maximum atomic E-state index is 12.8. The molecule has 2 N–H and O–H groups in total. The van der Waals surface area contributed by atoms with Crippen LogP contribution in [-0.2, 0) is 0 Å². The van der Waals surface area contributed by atoms with E-state index in [1.165, 1.54) is 16.8 Å². The zero-order chi connectivity index (χ0) is 16.2. The van der Waals surface area contributed by atoms with E-state index in [2.05, 4.69) is 5.10 Å². The second-order valence-electron chi connectivity index (χ2n) is 5.69. The van der Waals surface area contributed by atoms with Crippen LogP contribution in [0.5, 0.6) is 0 Å². The van der Waals surface area contributed by atoms with Gasteiger partial charge in [-0.2, -0.15) is 9.78 Å². The van der Waals surface area contributed by atoms with Crippen LogP contribution in [0.15, 0.2) is 47.3 Å². The Morgan fingerprint density at radius 2 is 1.92 bits per heavy atom. The van der Waals surface area contributed by atoms with Gasteiger partial charge < -0.3 is 10.6 Å². The number of halogens is 1. The van der Waals surface area contributed by atoms with Crippen molar-refractivity contribution in [3.63, 3.8) is 0 Å². The number of likely N-dealkylation sites (tertiary alicyclic amines) is 1. The fraction of sp³-hybridized carbons (Fsp3) is 0.353. The summed E-state index contributed by atoms with van der Waals surface area (Å²) in [6.07, 6.45) is 2.98. The third-order valence-corrected chi connectivity index (χ3v) is 4.18. The smallest absolute Gasteiger partial charge is 0.274 e. The SMILES string of the molecule is Cl.NCC1CCCCN1C(=O)c1ccc(=O)n(-c2ccccc2)n1. The first-order chi connectivity index (χ1) is 11.2. The fourth-order valence-electron chi connectivity index (χ4n) is 2.94. The van der Waals surface area contributed by atoms with Gasteiger partial charge in [-0.25, -0.2) is 0 Å². The van der Waals surface area contributed by atoms with Crippen LogP contribution < -0.4 is 11.3 Å². The molecule has 24 heavy (non-hydrogen) atoms. The summed E-state index contributed by atoms with van der Waals surface area (Å²) in [5, 5.41) is 4.26. The summed E-state index contributed by atoms with van der Waals surface area (Å²) in [4.78, 5) is 26.6. The molecule has 1 unspecified atom stereocenters. The molecule has 2 aromatic rings.